The quantitative estimate of drug-likeness (QED) is 0.500. The van der Waals surface area contributed by atoms with Gasteiger partial charge in [0.1, 0.15) is 5.40 Å². The number of thiocyanates is 1. The van der Waals surface area contributed by atoms with Crippen LogP contribution >= 0.6 is 11.8 Å². The number of anilines is 1. The predicted octanol–water partition coefficient (Wildman–Crippen LogP) is 3.14. The SMILES string of the molecule is CC(NC(=O)C(=O)Nc1ccc(SC#N)cc1)C1CC2CCC1C2. The molecule has 4 atom stereocenters. The third-order valence-corrected chi connectivity index (χ3v) is 5.87. The molecule has 0 radical (unpaired) electrons. The predicted molar refractivity (Wildman–Crippen MR) is 93.1 cm³/mol. The molecule has 0 aliphatic heterocycles. The molecule has 2 saturated carbocycles. The highest BCUT2D eigenvalue weighted by molar-refractivity contribution is 8.03. The van der Waals surface area contributed by atoms with E-state index in [4.69, 9.17) is 5.26 Å². The third-order valence-electron chi connectivity index (χ3n) is 5.28. The van der Waals surface area contributed by atoms with Gasteiger partial charge in [-0.05, 0) is 80.0 Å². The molecule has 126 valence electrons. The Morgan fingerprint density at radius 2 is 1.96 bits per heavy atom. The van der Waals surface area contributed by atoms with E-state index in [9.17, 15) is 9.59 Å². The summed E-state index contributed by atoms with van der Waals surface area (Å²) >= 11 is 1.05. The number of amides is 2. The Hall–Kier alpha value is -2.00. The number of nitrogens with zero attached hydrogens (tertiary/aromatic N) is 1. The van der Waals surface area contributed by atoms with Gasteiger partial charge in [-0.25, -0.2) is 0 Å². The molecule has 2 fully saturated rings. The first-order chi connectivity index (χ1) is 11.6. The van der Waals surface area contributed by atoms with Crippen LogP contribution in [0.5, 0.6) is 0 Å². The van der Waals surface area contributed by atoms with Crippen LogP contribution in [0.3, 0.4) is 0 Å². The highest BCUT2D eigenvalue weighted by atomic mass is 32.2. The largest absolute Gasteiger partial charge is 0.345 e. The highest BCUT2D eigenvalue weighted by Gasteiger charge is 2.42. The second-order valence-corrected chi connectivity index (χ2v) is 7.63. The smallest absolute Gasteiger partial charge is 0.313 e. The minimum absolute atomic E-state index is 0.0351. The van der Waals surface area contributed by atoms with Crippen LogP contribution in [0.1, 0.15) is 32.6 Å². The molecule has 0 spiro atoms. The number of hydrogen-bond donors (Lipinski definition) is 2. The van der Waals surface area contributed by atoms with Gasteiger partial charge in [-0.1, -0.05) is 6.42 Å². The standard InChI is InChI=1S/C18H21N3O2S/c1-11(16-9-12-2-3-13(16)8-12)20-17(22)18(23)21-14-4-6-15(7-5-14)24-10-19/h4-7,11-13,16H,2-3,8-9H2,1H3,(H,20,22)(H,21,23). The Bertz CT molecular complexity index is 668. The number of fused-ring (bicyclic) bond motifs is 2. The van der Waals surface area contributed by atoms with Crippen molar-refractivity contribution in [3.05, 3.63) is 24.3 Å². The van der Waals surface area contributed by atoms with Crippen molar-refractivity contribution in [2.45, 2.75) is 43.5 Å². The van der Waals surface area contributed by atoms with Gasteiger partial charge in [-0.15, -0.1) is 0 Å². The number of rotatable bonds is 4. The summed E-state index contributed by atoms with van der Waals surface area (Å²) in [5.74, 6) is 0.797. The minimum Gasteiger partial charge on any atom is -0.345 e. The summed E-state index contributed by atoms with van der Waals surface area (Å²) in [7, 11) is 0. The first-order valence-corrected chi connectivity index (χ1v) is 9.16. The topological polar surface area (TPSA) is 82.0 Å². The number of thioether (sulfide) groups is 1. The van der Waals surface area contributed by atoms with E-state index in [-0.39, 0.29) is 6.04 Å². The molecule has 6 heteroatoms. The third kappa shape index (κ3) is 3.73. The van der Waals surface area contributed by atoms with Crippen molar-refractivity contribution in [3.63, 3.8) is 0 Å². The van der Waals surface area contributed by atoms with Crippen molar-refractivity contribution >= 4 is 29.3 Å². The molecule has 2 bridgehead atoms. The van der Waals surface area contributed by atoms with Gasteiger partial charge in [0.05, 0.1) is 0 Å². The second-order valence-electron chi connectivity index (χ2n) is 6.77. The molecule has 0 aromatic heterocycles. The zero-order chi connectivity index (χ0) is 17.1. The number of hydrogen-bond acceptors (Lipinski definition) is 4. The number of benzene rings is 1. The van der Waals surface area contributed by atoms with E-state index in [1.54, 1.807) is 24.3 Å². The molecule has 24 heavy (non-hydrogen) atoms. The van der Waals surface area contributed by atoms with Crippen molar-refractivity contribution in [2.24, 2.45) is 17.8 Å². The normalized spacial score (nSPS) is 25.8. The Morgan fingerprint density at radius 3 is 2.54 bits per heavy atom. The van der Waals surface area contributed by atoms with Gasteiger partial charge in [0.15, 0.2) is 0 Å². The lowest BCUT2D eigenvalue weighted by molar-refractivity contribution is -0.136. The number of carbonyl (C=O) groups excluding carboxylic acids is 2. The first kappa shape index (κ1) is 16.8. The summed E-state index contributed by atoms with van der Waals surface area (Å²) in [6.45, 7) is 2.00. The van der Waals surface area contributed by atoms with E-state index in [1.165, 1.54) is 25.7 Å². The maximum atomic E-state index is 12.1. The molecule has 1 aromatic carbocycles. The van der Waals surface area contributed by atoms with E-state index in [0.29, 0.717) is 17.5 Å². The van der Waals surface area contributed by atoms with Crippen LogP contribution in [0.25, 0.3) is 0 Å². The Morgan fingerprint density at radius 1 is 1.21 bits per heavy atom. The van der Waals surface area contributed by atoms with Crippen molar-refractivity contribution in [3.8, 4) is 5.40 Å². The molecular weight excluding hydrogens is 322 g/mol. The summed E-state index contributed by atoms with van der Waals surface area (Å²) < 4.78 is 0. The van der Waals surface area contributed by atoms with Crippen LogP contribution < -0.4 is 10.6 Å². The van der Waals surface area contributed by atoms with Gasteiger partial charge in [0, 0.05) is 16.6 Å². The number of nitriles is 1. The first-order valence-electron chi connectivity index (χ1n) is 8.34. The van der Waals surface area contributed by atoms with E-state index in [2.05, 4.69) is 10.6 Å². The van der Waals surface area contributed by atoms with E-state index in [0.717, 1.165) is 22.6 Å². The van der Waals surface area contributed by atoms with Crippen LogP contribution in [-0.2, 0) is 9.59 Å². The second kappa shape index (κ2) is 7.27. The molecule has 2 aliphatic rings. The van der Waals surface area contributed by atoms with Crippen LogP contribution in [0.4, 0.5) is 5.69 Å². The minimum atomic E-state index is -0.648. The van der Waals surface area contributed by atoms with E-state index < -0.39 is 11.8 Å². The zero-order valence-electron chi connectivity index (χ0n) is 13.6. The lowest BCUT2D eigenvalue weighted by atomic mass is 9.84. The molecule has 2 N–H and O–H groups in total. The van der Waals surface area contributed by atoms with Gasteiger partial charge in [0.2, 0.25) is 0 Å². The molecule has 3 rings (SSSR count). The molecule has 4 unspecified atom stereocenters. The Balaban J connectivity index is 1.51. The summed E-state index contributed by atoms with van der Waals surface area (Å²) in [5, 5.41) is 16.1. The maximum absolute atomic E-state index is 12.1. The number of carbonyl (C=O) groups is 2. The van der Waals surface area contributed by atoms with Crippen LogP contribution in [0.2, 0.25) is 0 Å². The summed E-state index contributed by atoms with van der Waals surface area (Å²) in [4.78, 5) is 25.0. The highest BCUT2D eigenvalue weighted by Crippen LogP contribution is 2.49. The molecule has 0 saturated heterocycles. The lowest BCUT2D eigenvalue weighted by Crippen LogP contribution is -2.45. The van der Waals surface area contributed by atoms with Crippen LogP contribution in [-0.4, -0.2) is 17.9 Å². The average Bonchev–Trinajstić information content (AvgIpc) is 3.20. The fourth-order valence-electron chi connectivity index (χ4n) is 4.13. The van der Waals surface area contributed by atoms with Gasteiger partial charge in [-0.2, -0.15) is 5.26 Å². The molecule has 5 nitrogen and oxygen atoms in total. The fourth-order valence-corrected chi connectivity index (χ4v) is 4.51. The zero-order valence-corrected chi connectivity index (χ0v) is 14.4. The Kier molecular flexibility index (Phi) is 5.10. The van der Waals surface area contributed by atoms with Crippen LogP contribution in [0.15, 0.2) is 29.2 Å². The Labute approximate surface area is 146 Å². The van der Waals surface area contributed by atoms with Gasteiger partial charge in [-0.3, -0.25) is 9.59 Å². The maximum Gasteiger partial charge on any atom is 0.313 e. The van der Waals surface area contributed by atoms with E-state index >= 15 is 0 Å². The summed E-state index contributed by atoms with van der Waals surface area (Å²) in [6, 6.07) is 6.88. The van der Waals surface area contributed by atoms with Gasteiger partial charge >= 0.3 is 11.8 Å². The molecule has 0 heterocycles. The number of nitrogens with one attached hydrogen (secondary N) is 2. The van der Waals surface area contributed by atoms with Crippen molar-refractivity contribution < 1.29 is 9.59 Å². The van der Waals surface area contributed by atoms with Crippen LogP contribution in [0, 0.1) is 28.4 Å². The van der Waals surface area contributed by atoms with Gasteiger partial charge in [0.25, 0.3) is 0 Å². The summed E-state index contributed by atoms with van der Waals surface area (Å²) in [5.41, 5.74) is 0.546. The average molecular weight is 343 g/mol. The summed E-state index contributed by atoms with van der Waals surface area (Å²) in [6.07, 6.45) is 5.03. The monoisotopic (exact) mass is 343 g/mol. The fraction of sp³-hybridized carbons (Fsp3) is 0.500. The molecular formula is C18H21N3O2S. The molecule has 2 amide bonds. The molecule has 1 aromatic rings. The van der Waals surface area contributed by atoms with Gasteiger partial charge < -0.3 is 10.6 Å². The van der Waals surface area contributed by atoms with Crippen molar-refractivity contribution in [1.29, 1.82) is 5.26 Å². The van der Waals surface area contributed by atoms with E-state index in [1.807, 2.05) is 12.3 Å². The lowest BCUT2D eigenvalue weighted by Gasteiger charge is -2.28. The van der Waals surface area contributed by atoms with Crippen molar-refractivity contribution in [1.82, 2.24) is 5.32 Å². The molecule has 2 aliphatic carbocycles. The van der Waals surface area contributed by atoms with Crippen molar-refractivity contribution in [2.75, 3.05) is 5.32 Å².